The Labute approximate surface area is 102 Å². The number of aromatic nitrogens is 1. The topological polar surface area (TPSA) is 119 Å². The molecule has 1 heterocycles. The summed E-state index contributed by atoms with van der Waals surface area (Å²) < 4.78 is 0. The van der Waals surface area contributed by atoms with Crippen LogP contribution in [0.2, 0.25) is 0 Å². The van der Waals surface area contributed by atoms with Gasteiger partial charge in [0.25, 0.3) is 11.5 Å². The van der Waals surface area contributed by atoms with E-state index >= 15 is 0 Å². The summed E-state index contributed by atoms with van der Waals surface area (Å²) in [6.07, 6.45) is -0.120. The molecule has 1 atom stereocenters. The number of amides is 1. The van der Waals surface area contributed by atoms with Gasteiger partial charge in [-0.2, -0.15) is 0 Å². The normalized spacial score (nSPS) is 11.9. The van der Waals surface area contributed by atoms with E-state index in [0.717, 1.165) is 0 Å². The van der Waals surface area contributed by atoms with Crippen molar-refractivity contribution in [1.29, 1.82) is 0 Å². The summed E-state index contributed by atoms with van der Waals surface area (Å²) in [6.45, 7) is 1.29. The number of hydrogen-bond donors (Lipinski definition) is 4. The zero-order valence-electron chi connectivity index (χ0n) is 9.77. The molecule has 18 heavy (non-hydrogen) atoms. The van der Waals surface area contributed by atoms with Crippen LogP contribution in [0.25, 0.3) is 0 Å². The number of pyridine rings is 1. The Balaban J connectivity index is 2.87. The number of carbonyl (C=O) groups excluding carboxylic acids is 1. The lowest BCUT2D eigenvalue weighted by Gasteiger charge is -2.12. The SMILES string of the molecule is Cc1ccc(C(=O)N[C@H](CCO)C(=O)O)c(=O)[nH]1. The molecule has 1 rings (SSSR count). The lowest BCUT2D eigenvalue weighted by molar-refractivity contribution is -0.139. The van der Waals surface area contributed by atoms with Crippen molar-refractivity contribution in [3.05, 3.63) is 33.7 Å². The number of aryl methyl sites for hydroxylation is 1. The van der Waals surface area contributed by atoms with Crippen molar-refractivity contribution in [3.63, 3.8) is 0 Å². The highest BCUT2D eigenvalue weighted by molar-refractivity contribution is 5.96. The summed E-state index contributed by atoms with van der Waals surface area (Å²) in [5, 5.41) is 19.7. The highest BCUT2D eigenvalue weighted by Crippen LogP contribution is 1.97. The van der Waals surface area contributed by atoms with Crippen LogP contribution in [-0.4, -0.2) is 39.7 Å². The number of rotatable bonds is 5. The molecule has 0 aliphatic carbocycles. The van der Waals surface area contributed by atoms with E-state index in [1.165, 1.54) is 12.1 Å². The zero-order valence-corrected chi connectivity index (χ0v) is 9.77. The second kappa shape index (κ2) is 5.97. The number of hydrogen-bond acceptors (Lipinski definition) is 4. The van der Waals surface area contributed by atoms with Gasteiger partial charge in [0, 0.05) is 18.7 Å². The first-order valence-electron chi connectivity index (χ1n) is 5.30. The summed E-state index contributed by atoms with van der Waals surface area (Å²) in [7, 11) is 0. The van der Waals surface area contributed by atoms with E-state index in [9.17, 15) is 14.4 Å². The zero-order chi connectivity index (χ0) is 13.7. The van der Waals surface area contributed by atoms with E-state index < -0.39 is 23.5 Å². The lowest BCUT2D eigenvalue weighted by Crippen LogP contribution is -2.43. The fourth-order valence-electron chi connectivity index (χ4n) is 1.37. The van der Waals surface area contributed by atoms with E-state index in [0.29, 0.717) is 5.69 Å². The number of carbonyl (C=O) groups is 2. The summed E-state index contributed by atoms with van der Waals surface area (Å²) >= 11 is 0. The Bertz CT molecular complexity index is 508. The molecule has 0 aromatic carbocycles. The van der Waals surface area contributed by atoms with Crippen LogP contribution in [-0.2, 0) is 4.79 Å². The summed E-state index contributed by atoms with van der Waals surface area (Å²) in [4.78, 5) is 36.4. The first kappa shape index (κ1) is 13.9. The smallest absolute Gasteiger partial charge is 0.326 e. The first-order chi connectivity index (χ1) is 8.45. The maximum Gasteiger partial charge on any atom is 0.326 e. The number of nitrogens with one attached hydrogen (secondary N) is 2. The van der Waals surface area contributed by atoms with E-state index in [1.807, 2.05) is 0 Å². The Hall–Kier alpha value is -2.15. The van der Waals surface area contributed by atoms with Gasteiger partial charge in [0.1, 0.15) is 11.6 Å². The predicted molar refractivity (Wildman–Crippen MR) is 62.4 cm³/mol. The summed E-state index contributed by atoms with van der Waals surface area (Å²) in [5.74, 6) is -2.04. The predicted octanol–water partition coefficient (Wildman–Crippen LogP) is -0.751. The molecule has 4 N–H and O–H groups in total. The third kappa shape index (κ3) is 3.42. The third-order valence-electron chi connectivity index (χ3n) is 2.32. The minimum atomic E-state index is -1.26. The van der Waals surface area contributed by atoms with Crippen molar-refractivity contribution in [3.8, 4) is 0 Å². The van der Waals surface area contributed by atoms with Gasteiger partial charge in [0.05, 0.1) is 0 Å². The molecule has 7 heteroatoms. The molecule has 0 radical (unpaired) electrons. The van der Waals surface area contributed by atoms with E-state index in [-0.39, 0.29) is 18.6 Å². The van der Waals surface area contributed by atoms with E-state index in [1.54, 1.807) is 6.92 Å². The van der Waals surface area contributed by atoms with Gasteiger partial charge >= 0.3 is 5.97 Å². The molecule has 1 aromatic heterocycles. The van der Waals surface area contributed by atoms with Gasteiger partial charge in [0.2, 0.25) is 0 Å². The number of H-pyrrole nitrogens is 1. The minimum Gasteiger partial charge on any atom is -0.480 e. The molecule has 0 aliphatic rings. The fourth-order valence-corrected chi connectivity index (χ4v) is 1.37. The summed E-state index contributed by atoms with van der Waals surface area (Å²) in [5.41, 5.74) is -0.146. The molecule has 98 valence electrons. The highest BCUT2D eigenvalue weighted by Gasteiger charge is 2.21. The van der Waals surface area contributed by atoms with Crippen LogP contribution in [0.1, 0.15) is 22.5 Å². The van der Waals surface area contributed by atoms with Gasteiger partial charge in [0.15, 0.2) is 0 Å². The van der Waals surface area contributed by atoms with E-state index in [2.05, 4.69) is 10.3 Å². The largest absolute Gasteiger partial charge is 0.480 e. The van der Waals surface area contributed by atoms with Crippen LogP contribution in [0.15, 0.2) is 16.9 Å². The standard InChI is InChI=1S/C11H14N2O5/c1-6-2-3-7(9(15)12-6)10(16)13-8(4-5-14)11(17)18/h2-3,8,14H,4-5H2,1H3,(H,12,15)(H,13,16)(H,17,18)/t8-/m1/s1. The van der Waals surface area contributed by atoms with Crippen LogP contribution in [0.3, 0.4) is 0 Å². The average molecular weight is 254 g/mol. The monoisotopic (exact) mass is 254 g/mol. The average Bonchev–Trinajstić information content (AvgIpc) is 2.27. The maximum absolute atomic E-state index is 11.7. The Morgan fingerprint density at radius 3 is 2.61 bits per heavy atom. The van der Waals surface area contributed by atoms with Crippen LogP contribution in [0.4, 0.5) is 0 Å². The van der Waals surface area contributed by atoms with Crippen molar-refractivity contribution in [1.82, 2.24) is 10.3 Å². The Kier molecular flexibility index (Phi) is 4.61. The van der Waals surface area contributed by atoms with Crippen LogP contribution >= 0.6 is 0 Å². The van der Waals surface area contributed by atoms with E-state index in [4.69, 9.17) is 10.2 Å². The number of carboxylic acids is 1. The fraction of sp³-hybridized carbons (Fsp3) is 0.364. The molecule has 7 nitrogen and oxygen atoms in total. The molecule has 0 saturated heterocycles. The second-order valence-corrected chi connectivity index (χ2v) is 3.76. The van der Waals surface area contributed by atoms with Crippen LogP contribution in [0, 0.1) is 6.92 Å². The number of aromatic amines is 1. The van der Waals surface area contributed by atoms with Crippen molar-refractivity contribution in [2.24, 2.45) is 0 Å². The first-order valence-corrected chi connectivity index (χ1v) is 5.30. The lowest BCUT2D eigenvalue weighted by atomic mass is 10.2. The Morgan fingerprint density at radius 1 is 1.44 bits per heavy atom. The number of carboxylic acid groups (broad SMARTS) is 1. The van der Waals surface area contributed by atoms with Crippen molar-refractivity contribution in [2.45, 2.75) is 19.4 Å². The Morgan fingerprint density at radius 2 is 2.11 bits per heavy atom. The van der Waals surface area contributed by atoms with Gasteiger partial charge < -0.3 is 20.5 Å². The molecule has 0 bridgehead atoms. The molecular weight excluding hydrogens is 240 g/mol. The highest BCUT2D eigenvalue weighted by atomic mass is 16.4. The summed E-state index contributed by atoms with van der Waals surface area (Å²) in [6, 6.07) is 1.64. The van der Waals surface area contributed by atoms with Crippen LogP contribution < -0.4 is 10.9 Å². The number of aliphatic hydroxyl groups is 1. The number of aliphatic carboxylic acids is 1. The molecule has 0 saturated carbocycles. The molecule has 1 amide bonds. The molecule has 0 aliphatic heterocycles. The van der Waals surface area contributed by atoms with Gasteiger partial charge in [-0.15, -0.1) is 0 Å². The molecule has 0 spiro atoms. The van der Waals surface area contributed by atoms with Crippen molar-refractivity contribution in [2.75, 3.05) is 6.61 Å². The van der Waals surface area contributed by atoms with Crippen LogP contribution in [0.5, 0.6) is 0 Å². The number of aliphatic hydroxyl groups excluding tert-OH is 1. The van der Waals surface area contributed by atoms with Gasteiger partial charge in [-0.1, -0.05) is 0 Å². The minimum absolute atomic E-state index is 0.120. The molecule has 0 unspecified atom stereocenters. The van der Waals surface area contributed by atoms with Crippen molar-refractivity contribution < 1.29 is 19.8 Å². The second-order valence-electron chi connectivity index (χ2n) is 3.76. The van der Waals surface area contributed by atoms with Gasteiger partial charge in [-0.3, -0.25) is 9.59 Å². The van der Waals surface area contributed by atoms with Crippen molar-refractivity contribution >= 4 is 11.9 Å². The quantitative estimate of drug-likeness (QED) is 0.551. The molecule has 0 fully saturated rings. The van der Waals surface area contributed by atoms with Gasteiger partial charge in [-0.25, -0.2) is 4.79 Å². The third-order valence-corrected chi connectivity index (χ3v) is 2.32. The van der Waals surface area contributed by atoms with Gasteiger partial charge in [-0.05, 0) is 19.1 Å². The molecular formula is C11H14N2O5. The molecule has 1 aromatic rings. The maximum atomic E-state index is 11.7.